The molecule has 0 aliphatic rings. The van der Waals surface area contributed by atoms with Crippen molar-refractivity contribution in [3.63, 3.8) is 0 Å². The van der Waals surface area contributed by atoms with Gasteiger partial charge in [-0.05, 0) is 6.92 Å². The first kappa shape index (κ1) is 6.77. The van der Waals surface area contributed by atoms with Gasteiger partial charge in [0.2, 0.25) is 0 Å². The van der Waals surface area contributed by atoms with Gasteiger partial charge in [-0.3, -0.25) is 0 Å². The van der Waals surface area contributed by atoms with Gasteiger partial charge in [-0.15, -0.1) is 11.6 Å². The van der Waals surface area contributed by atoms with Gasteiger partial charge in [-0.1, -0.05) is 22.9 Å². The molecule has 0 saturated carbocycles. The summed E-state index contributed by atoms with van der Waals surface area (Å²) >= 11 is 8.87. The van der Waals surface area contributed by atoms with Crippen LogP contribution in [0, 0.1) is 0 Å². The molecule has 38 valence electrons. The number of hydrogen-bond donors (Lipinski definition) is 0. The molecule has 0 aliphatic carbocycles. The maximum absolute atomic E-state index is 5.57. The van der Waals surface area contributed by atoms with E-state index in [9.17, 15) is 0 Å². The van der Waals surface area contributed by atoms with Crippen molar-refractivity contribution >= 4 is 27.5 Å². The van der Waals surface area contributed by atoms with E-state index in [2.05, 4.69) is 15.9 Å². The number of rotatable bonds is 1. The second kappa shape index (κ2) is 2.86. The van der Waals surface area contributed by atoms with E-state index in [4.69, 9.17) is 11.6 Å². The van der Waals surface area contributed by atoms with E-state index in [0.717, 1.165) is 0 Å². The Hall–Kier alpha value is 0.770. The minimum Gasteiger partial charge on any atom is -0.122 e. The molecule has 0 N–H and O–H groups in total. The molecule has 0 aliphatic heterocycles. The van der Waals surface area contributed by atoms with E-state index in [1.54, 1.807) is 0 Å². The molecule has 0 bridgehead atoms. The lowest BCUT2D eigenvalue weighted by Crippen LogP contribution is -2.02. The van der Waals surface area contributed by atoms with Crippen molar-refractivity contribution in [2.45, 2.75) is 24.1 Å². The molecule has 0 aromatic heterocycles. The SMILES string of the molecule is CC(Cl)[C@@H](C)Br. The highest BCUT2D eigenvalue weighted by Crippen LogP contribution is 2.08. The van der Waals surface area contributed by atoms with Crippen LogP contribution in [0.3, 0.4) is 0 Å². The fourth-order valence-electron chi connectivity index (χ4n) is 0. The van der Waals surface area contributed by atoms with Crippen LogP contribution in [0.5, 0.6) is 0 Å². The summed E-state index contributed by atoms with van der Waals surface area (Å²) in [6, 6.07) is 0. The lowest BCUT2D eigenvalue weighted by atomic mass is 10.4. The smallest absolute Gasteiger partial charge is 0.0430 e. The van der Waals surface area contributed by atoms with E-state index in [1.807, 2.05) is 13.8 Å². The van der Waals surface area contributed by atoms with Crippen molar-refractivity contribution in [1.82, 2.24) is 0 Å². The molecule has 0 nitrogen and oxygen atoms in total. The maximum atomic E-state index is 5.57. The Labute approximate surface area is 52.0 Å². The van der Waals surface area contributed by atoms with E-state index in [1.165, 1.54) is 0 Å². The molecule has 2 heteroatoms. The summed E-state index contributed by atoms with van der Waals surface area (Å²) in [5.74, 6) is 0. The van der Waals surface area contributed by atoms with Crippen LogP contribution in [0.15, 0.2) is 0 Å². The van der Waals surface area contributed by atoms with Gasteiger partial charge in [0.25, 0.3) is 0 Å². The summed E-state index contributed by atoms with van der Waals surface area (Å²) in [6.07, 6.45) is 0. The normalized spacial score (nSPS) is 20.0. The number of halogens is 2. The molecule has 0 spiro atoms. The minimum atomic E-state index is 0.241. The van der Waals surface area contributed by atoms with Gasteiger partial charge in [0, 0.05) is 10.2 Å². The van der Waals surface area contributed by atoms with Gasteiger partial charge in [0.05, 0.1) is 0 Å². The molecule has 1 unspecified atom stereocenters. The Morgan fingerprint density at radius 2 is 1.67 bits per heavy atom. The molecule has 0 rings (SSSR count). The van der Waals surface area contributed by atoms with Crippen molar-refractivity contribution in [2.24, 2.45) is 0 Å². The molecule has 0 aromatic carbocycles. The summed E-state index contributed by atoms with van der Waals surface area (Å²) in [4.78, 5) is 0.430. The third kappa shape index (κ3) is 2.98. The van der Waals surface area contributed by atoms with E-state index < -0.39 is 0 Å². The molecule has 0 heterocycles. The first-order chi connectivity index (χ1) is 2.64. The first-order valence-electron chi connectivity index (χ1n) is 1.92. The molecule has 0 saturated heterocycles. The second-order valence-electron chi connectivity index (χ2n) is 1.36. The average Bonchev–Trinajstić information content (AvgIpc) is 1.36. The predicted octanol–water partition coefficient (Wildman–Crippen LogP) is 2.40. The molecule has 0 radical (unpaired) electrons. The summed E-state index contributed by atoms with van der Waals surface area (Å²) < 4.78 is 0. The Morgan fingerprint density at radius 3 is 1.67 bits per heavy atom. The second-order valence-corrected chi connectivity index (χ2v) is 3.49. The number of alkyl halides is 2. The van der Waals surface area contributed by atoms with E-state index in [-0.39, 0.29) is 5.38 Å². The van der Waals surface area contributed by atoms with Crippen LogP contribution in [0.4, 0.5) is 0 Å². The van der Waals surface area contributed by atoms with Gasteiger partial charge in [-0.25, -0.2) is 0 Å². The van der Waals surface area contributed by atoms with Crippen molar-refractivity contribution in [3.8, 4) is 0 Å². The molecular weight excluding hydrogens is 163 g/mol. The summed E-state index contributed by atoms with van der Waals surface area (Å²) in [6.45, 7) is 3.98. The zero-order chi connectivity index (χ0) is 5.15. The quantitative estimate of drug-likeness (QED) is 0.532. The van der Waals surface area contributed by atoms with Crippen molar-refractivity contribution in [1.29, 1.82) is 0 Å². The van der Waals surface area contributed by atoms with Crippen LogP contribution in [-0.4, -0.2) is 10.2 Å². The van der Waals surface area contributed by atoms with Crippen molar-refractivity contribution < 1.29 is 0 Å². The largest absolute Gasteiger partial charge is 0.122 e. The molecule has 0 fully saturated rings. The lowest BCUT2D eigenvalue weighted by molar-refractivity contribution is 0.931. The highest BCUT2D eigenvalue weighted by atomic mass is 79.9. The molecule has 0 aromatic rings. The van der Waals surface area contributed by atoms with Crippen LogP contribution in [-0.2, 0) is 0 Å². The standard InChI is InChI=1S/C4H8BrCl/c1-3(5)4(2)6/h3-4H,1-2H3/t3-,4?/m1/s1. The van der Waals surface area contributed by atoms with Crippen LogP contribution < -0.4 is 0 Å². The van der Waals surface area contributed by atoms with E-state index in [0.29, 0.717) is 4.83 Å². The van der Waals surface area contributed by atoms with Crippen molar-refractivity contribution in [3.05, 3.63) is 0 Å². The lowest BCUT2D eigenvalue weighted by Gasteiger charge is -2.00. The molecular formula is C4H8BrCl. The molecule has 0 amide bonds. The minimum absolute atomic E-state index is 0.241. The topological polar surface area (TPSA) is 0 Å². The Balaban J connectivity index is 2.99. The maximum Gasteiger partial charge on any atom is 0.0430 e. The van der Waals surface area contributed by atoms with Gasteiger partial charge >= 0.3 is 0 Å². The van der Waals surface area contributed by atoms with Crippen LogP contribution in [0.25, 0.3) is 0 Å². The van der Waals surface area contributed by atoms with Gasteiger partial charge in [0.15, 0.2) is 0 Å². The molecule has 2 atom stereocenters. The third-order valence-corrected chi connectivity index (χ3v) is 2.11. The van der Waals surface area contributed by atoms with Gasteiger partial charge in [0.1, 0.15) is 0 Å². The summed E-state index contributed by atoms with van der Waals surface area (Å²) in [7, 11) is 0. The van der Waals surface area contributed by atoms with E-state index >= 15 is 0 Å². The summed E-state index contributed by atoms with van der Waals surface area (Å²) in [5, 5.41) is 0.241. The third-order valence-electron chi connectivity index (χ3n) is 0.633. The Kier molecular flexibility index (Phi) is 3.23. The highest BCUT2D eigenvalue weighted by molar-refractivity contribution is 9.09. The van der Waals surface area contributed by atoms with Gasteiger partial charge in [-0.2, -0.15) is 0 Å². The fraction of sp³-hybridized carbons (Fsp3) is 1.00. The Bertz CT molecular complexity index is 28.5. The van der Waals surface area contributed by atoms with Crippen LogP contribution in [0.2, 0.25) is 0 Å². The monoisotopic (exact) mass is 170 g/mol. The highest BCUT2D eigenvalue weighted by Gasteiger charge is 2.00. The van der Waals surface area contributed by atoms with Crippen molar-refractivity contribution in [2.75, 3.05) is 0 Å². The van der Waals surface area contributed by atoms with Crippen LogP contribution in [0.1, 0.15) is 13.8 Å². The summed E-state index contributed by atoms with van der Waals surface area (Å²) in [5.41, 5.74) is 0. The fourth-order valence-corrected chi connectivity index (χ4v) is 0. The zero-order valence-corrected chi connectivity index (χ0v) is 6.25. The predicted molar refractivity (Wildman–Crippen MR) is 33.7 cm³/mol. The number of hydrogen-bond acceptors (Lipinski definition) is 0. The zero-order valence-electron chi connectivity index (χ0n) is 3.91. The average molecular weight is 171 g/mol. The first-order valence-corrected chi connectivity index (χ1v) is 3.28. The molecule has 6 heavy (non-hydrogen) atoms. The Morgan fingerprint density at radius 1 is 1.50 bits per heavy atom. The van der Waals surface area contributed by atoms with Crippen LogP contribution >= 0.6 is 27.5 Å². The van der Waals surface area contributed by atoms with Gasteiger partial charge < -0.3 is 0 Å².